The average Bonchev–Trinajstić information content (AvgIpc) is 2.68. The van der Waals surface area contributed by atoms with E-state index in [2.05, 4.69) is 36.1 Å². The van der Waals surface area contributed by atoms with Crippen molar-refractivity contribution in [1.82, 2.24) is 0 Å². The number of carbonyl (C=O) groups excluding carboxylic acids is 1. The molecule has 0 spiro atoms. The maximum absolute atomic E-state index is 12.8. The molecule has 0 radical (unpaired) electrons. The molecular weight excluding hydrogens is 298 g/mol. The Bertz CT molecular complexity index is 651. The molecule has 0 bridgehead atoms. The summed E-state index contributed by atoms with van der Waals surface area (Å²) in [6.45, 7) is 6.02. The molecule has 4 nitrogen and oxygen atoms in total. The lowest BCUT2D eigenvalue weighted by atomic mass is 10.1. The van der Waals surface area contributed by atoms with Gasteiger partial charge in [0.1, 0.15) is 0 Å². The lowest BCUT2D eigenvalue weighted by Gasteiger charge is -2.36. The predicted octanol–water partition coefficient (Wildman–Crippen LogP) is 1.44. The molecule has 1 aliphatic rings. The zero-order valence-corrected chi connectivity index (χ0v) is 14.5. The fourth-order valence-corrected chi connectivity index (χ4v) is 3.37. The van der Waals surface area contributed by atoms with E-state index in [1.807, 2.05) is 43.4 Å². The van der Waals surface area contributed by atoms with Gasteiger partial charge in [0.15, 0.2) is 6.04 Å². The van der Waals surface area contributed by atoms with Crippen LogP contribution in [-0.2, 0) is 4.79 Å². The van der Waals surface area contributed by atoms with E-state index < -0.39 is 0 Å². The van der Waals surface area contributed by atoms with Crippen LogP contribution >= 0.6 is 0 Å². The smallest absolute Gasteiger partial charge is 0.284 e. The van der Waals surface area contributed by atoms with E-state index >= 15 is 0 Å². The van der Waals surface area contributed by atoms with Crippen LogP contribution in [0.2, 0.25) is 0 Å². The van der Waals surface area contributed by atoms with Crippen molar-refractivity contribution in [3.8, 4) is 0 Å². The van der Waals surface area contributed by atoms with Gasteiger partial charge in [-0.2, -0.15) is 0 Å². The number of rotatable bonds is 4. The normalized spacial score (nSPS) is 16.7. The highest BCUT2D eigenvalue weighted by atomic mass is 16.2. The molecule has 126 valence electrons. The van der Waals surface area contributed by atoms with Gasteiger partial charge in [-0.25, -0.2) is 0 Å². The summed E-state index contributed by atoms with van der Waals surface area (Å²) < 4.78 is 0. The number of hydrogen-bond donors (Lipinski definition) is 1. The summed E-state index contributed by atoms with van der Waals surface area (Å²) in [5, 5.41) is 0. The third kappa shape index (κ3) is 3.60. The molecule has 1 saturated heterocycles. The van der Waals surface area contributed by atoms with Gasteiger partial charge < -0.3 is 14.7 Å². The molecule has 0 aromatic heterocycles. The summed E-state index contributed by atoms with van der Waals surface area (Å²) in [6, 6.07) is 20.4. The number of piperazine rings is 1. The molecule has 24 heavy (non-hydrogen) atoms. The van der Waals surface area contributed by atoms with Gasteiger partial charge in [0.25, 0.3) is 5.91 Å². The molecule has 1 fully saturated rings. The minimum Gasteiger partial charge on any atom is -0.360 e. The Morgan fingerprint density at radius 2 is 1.54 bits per heavy atom. The van der Waals surface area contributed by atoms with Gasteiger partial charge in [0.2, 0.25) is 0 Å². The Morgan fingerprint density at radius 1 is 1.00 bits per heavy atom. The van der Waals surface area contributed by atoms with Crippen LogP contribution < -0.4 is 14.7 Å². The molecule has 2 aromatic rings. The molecular formula is C20H26N3O+. The molecule has 1 heterocycles. The molecule has 0 aliphatic carbocycles. The van der Waals surface area contributed by atoms with Crippen molar-refractivity contribution in [3.05, 3.63) is 60.7 Å². The molecule has 0 unspecified atom stereocenters. The number of carbonyl (C=O) groups is 1. The van der Waals surface area contributed by atoms with Crippen molar-refractivity contribution < 1.29 is 9.69 Å². The van der Waals surface area contributed by atoms with E-state index in [1.54, 1.807) is 4.90 Å². The van der Waals surface area contributed by atoms with Gasteiger partial charge in [0.05, 0.1) is 26.2 Å². The first kappa shape index (κ1) is 16.5. The Morgan fingerprint density at radius 3 is 2.12 bits per heavy atom. The van der Waals surface area contributed by atoms with Crippen LogP contribution in [0.15, 0.2) is 60.7 Å². The SMILES string of the molecule is C[C@H](C(=O)N(C)c1ccccc1)[NH+]1CCN(c2ccccc2)CC1. The van der Waals surface area contributed by atoms with Gasteiger partial charge >= 0.3 is 0 Å². The van der Waals surface area contributed by atoms with Gasteiger partial charge in [-0.15, -0.1) is 0 Å². The van der Waals surface area contributed by atoms with Crippen LogP contribution in [0.5, 0.6) is 0 Å². The summed E-state index contributed by atoms with van der Waals surface area (Å²) >= 11 is 0. The van der Waals surface area contributed by atoms with Gasteiger partial charge in [-0.3, -0.25) is 4.79 Å². The second kappa shape index (κ2) is 7.49. The van der Waals surface area contributed by atoms with Crippen LogP contribution in [-0.4, -0.2) is 45.2 Å². The van der Waals surface area contributed by atoms with Crippen molar-refractivity contribution in [1.29, 1.82) is 0 Å². The van der Waals surface area contributed by atoms with E-state index in [-0.39, 0.29) is 11.9 Å². The van der Waals surface area contributed by atoms with Crippen LogP contribution in [0.1, 0.15) is 6.92 Å². The van der Waals surface area contributed by atoms with Crippen molar-refractivity contribution in [2.24, 2.45) is 0 Å². The van der Waals surface area contributed by atoms with Gasteiger partial charge in [-0.1, -0.05) is 36.4 Å². The fourth-order valence-electron chi connectivity index (χ4n) is 3.37. The number of anilines is 2. The number of benzene rings is 2. The minimum atomic E-state index is -0.0203. The van der Waals surface area contributed by atoms with Crippen LogP contribution in [0.3, 0.4) is 0 Å². The Balaban J connectivity index is 1.58. The minimum absolute atomic E-state index is 0.0203. The zero-order chi connectivity index (χ0) is 16.9. The third-order valence-electron chi connectivity index (χ3n) is 4.98. The predicted molar refractivity (Wildman–Crippen MR) is 98.7 cm³/mol. The molecule has 1 N–H and O–H groups in total. The topological polar surface area (TPSA) is 28.0 Å². The first-order valence-corrected chi connectivity index (χ1v) is 8.64. The monoisotopic (exact) mass is 324 g/mol. The maximum Gasteiger partial charge on any atom is 0.284 e. The summed E-state index contributed by atoms with van der Waals surface area (Å²) in [4.78, 5) is 18.3. The Labute approximate surface area is 144 Å². The molecule has 3 rings (SSSR count). The first-order chi connectivity index (χ1) is 11.7. The second-order valence-electron chi connectivity index (χ2n) is 6.44. The number of amides is 1. The van der Waals surface area contributed by atoms with Gasteiger partial charge in [0, 0.05) is 18.4 Å². The second-order valence-corrected chi connectivity index (χ2v) is 6.44. The highest BCUT2D eigenvalue weighted by Crippen LogP contribution is 2.13. The lowest BCUT2D eigenvalue weighted by Crippen LogP contribution is -3.19. The average molecular weight is 324 g/mol. The number of nitrogens with one attached hydrogen (secondary N) is 1. The molecule has 1 atom stereocenters. The quantitative estimate of drug-likeness (QED) is 0.922. The summed E-state index contributed by atoms with van der Waals surface area (Å²) in [5.74, 6) is 0.185. The van der Waals surface area contributed by atoms with Crippen LogP contribution in [0.4, 0.5) is 11.4 Å². The first-order valence-electron chi connectivity index (χ1n) is 8.64. The molecule has 1 amide bonds. The number of quaternary nitrogens is 1. The molecule has 0 saturated carbocycles. The Hall–Kier alpha value is -2.33. The van der Waals surface area contributed by atoms with Crippen molar-refractivity contribution in [2.45, 2.75) is 13.0 Å². The van der Waals surface area contributed by atoms with Crippen LogP contribution in [0, 0.1) is 0 Å². The zero-order valence-electron chi connectivity index (χ0n) is 14.5. The lowest BCUT2D eigenvalue weighted by molar-refractivity contribution is -0.914. The largest absolute Gasteiger partial charge is 0.360 e. The van der Waals surface area contributed by atoms with Gasteiger partial charge in [-0.05, 0) is 31.2 Å². The van der Waals surface area contributed by atoms with Crippen molar-refractivity contribution in [3.63, 3.8) is 0 Å². The van der Waals surface area contributed by atoms with E-state index in [0.29, 0.717) is 0 Å². The summed E-state index contributed by atoms with van der Waals surface area (Å²) in [5.41, 5.74) is 2.23. The highest BCUT2D eigenvalue weighted by Gasteiger charge is 2.31. The Kier molecular flexibility index (Phi) is 5.16. The molecule has 4 heteroatoms. The van der Waals surface area contributed by atoms with Crippen molar-refractivity contribution in [2.75, 3.05) is 43.0 Å². The fraction of sp³-hybridized carbons (Fsp3) is 0.350. The summed E-state index contributed by atoms with van der Waals surface area (Å²) in [6.07, 6.45) is 0. The molecule has 1 aliphatic heterocycles. The number of hydrogen-bond acceptors (Lipinski definition) is 2. The standard InChI is InChI=1S/C20H25N3O/c1-17(20(24)21(2)18-9-5-3-6-10-18)22-13-15-23(16-14-22)19-11-7-4-8-12-19/h3-12,17H,13-16H2,1-2H3/p+1/t17-/m1/s1. The van der Waals surface area contributed by atoms with Crippen molar-refractivity contribution >= 4 is 17.3 Å². The van der Waals surface area contributed by atoms with E-state index in [0.717, 1.165) is 31.9 Å². The van der Waals surface area contributed by atoms with Crippen LogP contribution in [0.25, 0.3) is 0 Å². The number of likely N-dealkylation sites (N-methyl/N-ethyl adjacent to an activating group) is 1. The third-order valence-corrected chi connectivity index (χ3v) is 4.98. The summed E-state index contributed by atoms with van der Waals surface area (Å²) in [7, 11) is 1.87. The molecule has 2 aromatic carbocycles. The highest BCUT2D eigenvalue weighted by molar-refractivity contribution is 5.95. The van der Waals surface area contributed by atoms with E-state index in [9.17, 15) is 4.79 Å². The number of para-hydroxylation sites is 2. The maximum atomic E-state index is 12.8. The van der Waals surface area contributed by atoms with E-state index in [4.69, 9.17) is 0 Å². The van der Waals surface area contributed by atoms with E-state index in [1.165, 1.54) is 10.6 Å². The number of nitrogens with zero attached hydrogens (tertiary/aromatic N) is 2.